The number of ether oxygens (including phenoxy) is 3. The summed E-state index contributed by atoms with van der Waals surface area (Å²) < 4.78 is 27.1. The number of hydrogen-bond donors (Lipinski definition) is 2. The highest BCUT2D eigenvalue weighted by molar-refractivity contribution is 8.00. The number of carbonyl (C=O) groups is 3. The predicted molar refractivity (Wildman–Crippen MR) is 264 cm³/mol. The Kier molecular flexibility index (Phi) is 16.0. The van der Waals surface area contributed by atoms with E-state index in [2.05, 4.69) is 66.8 Å². The summed E-state index contributed by atoms with van der Waals surface area (Å²) in [5.41, 5.74) is 7.95. The van der Waals surface area contributed by atoms with Gasteiger partial charge in [0.25, 0.3) is 0 Å². The van der Waals surface area contributed by atoms with Crippen LogP contribution in [0.3, 0.4) is 0 Å². The van der Waals surface area contributed by atoms with E-state index in [1.807, 2.05) is 34.1 Å². The monoisotopic (exact) mass is 1060 g/mol. The lowest BCUT2D eigenvalue weighted by atomic mass is 9.74. The fraction of sp³-hybridized carbons (Fsp3) is 0.510. The van der Waals surface area contributed by atoms with Gasteiger partial charge in [-0.3, -0.25) is 14.4 Å². The van der Waals surface area contributed by atoms with Crippen molar-refractivity contribution < 1.29 is 56.8 Å². The lowest BCUT2D eigenvalue weighted by molar-refractivity contribution is -0.171. The zero-order chi connectivity index (χ0) is 46.5. The highest BCUT2D eigenvalue weighted by atomic mass is 127. The number of carbonyl (C=O) groups excluding carboxylic acids is 3. The number of nitrogens with one attached hydrogen (secondary N) is 2. The van der Waals surface area contributed by atoms with Crippen molar-refractivity contribution in [2.45, 2.75) is 76.5 Å². The number of Topliss-reactive ketones (excluding diaryl/α,β-unsaturated/α-hetero) is 1. The smallest absolute Gasteiger partial charge is 0.230 e. The summed E-state index contributed by atoms with van der Waals surface area (Å²) in [7, 11) is -1.42. The first kappa shape index (κ1) is 49.7. The van der Waals surface area contributed by atoms with Gasteiger partial charge < -0.3 is 68.4 Å². The van der Waals surface area contributed by atoms with Gasteiger partial charge in [0, 0.05) is 85.8 Å². The molecule has 7 aliphatic rings. The fourth-order valence-electron chi connectivity index (χ4n) is 10.1. The molecular formula is C51H65IN8O7S. The molecule has 17 heteroatoms. The Morgan fingerprint density at radius 2 is 1.07 bits per heavy atom. The van der Waals surface area contributed by atoms with Crippen LogP contribution in [0.4, 0.5) is 45.8 Å². The van der Waals surface area contributed by atoms with Crippen LogP contribution in [-0.2, 0) is 55.8 Å². The van der Waals surface area contributed by atoms with E-state index >= 15 is 0 Å². The van der Waals surface area contributed by atoms with Crippen molar-refractivity contribution in [3.63, 3.8) is 0 Å². The Bertz CT molecular complexity index is 2460. The average molecular weight is 1060 g/mol. The Labute approximate surface area is 418 Å². The molecule has 15 nitrogen and oxygen atoms in total. The number of aromatic nitrogens is 2. The minimum Gasteiger partial charge on any atom is -1.00 e. The average Bonchev–Trinajstić information content (AvgIpc) is 3.61. The third-order valence-electron chi connectivity index (χ3n) is 13.9. The van der Waals surface area contributed by atoms with Crippen molar-refractivity contribution in [1.29, 1.82) is 0 Å². The molecule has 0 unspecified atom stereocenters. The van der Waals surface area contributed by atoms with E-state index in [4.69, 9.17) is 14.2 Å². The maximum absolute atomic E-state index is 13.9. The molecular weight excluding hydrogens is 996 g/mol. The molecule has 4 aromatic rings. The van der Waals surface area contributed by atoms with Crippen LogP contribution in [0.2, 0.25) is 0 Å². The van der Waals surface area contributed by atoms with E-state index in [0.717, 1.165) is 135 Å². The molecule has 7 heterocycles. The van der Waals surface area contributed by atoms with Crippen molar-refractivity contribution in [1.82, 2.24) is 9.97 Å². The van der Waals surface area contributed by atoms with Crippen LogP contribution < -0.4 is 54.2 Å². The number of rotatable bonds is 4. The van der Waals surface area contributed by atoms with Crippen LogP contribution in [0.25, 0.3) is 0 Å². The maximum Gasteiger partial charge on any atom is 0.230 e. The second-order valence-corrected chi connectivity index (χ2v) is 22.8. The van der Waals surface area contributed by atoms with Gasteiger partial charge in [0.05, 0.1) is 84.4 Å². The molecule has 2 N–H and O–H groups in total. The summed E-state index contributed by atoms with van der Waals surface area (Å²) in [6.45, 7) is 8.19. The Hall–Kier alpha value is -4.69. The SMILES string of the molecule is C[S+](C)(C)=O.O=C(C1CCC2(CCO2)CC1)N1Cc2cccnc2Nc2ccc(N3CCOCC3)cc21.O=C1CCC(C(=O)N2Cc3cccnc3Nc3ccc(N4CCOCC4)cc32)CC1.[I-]. The summed E-state index contributed by atoms with van der Waals surface area (Å²) in [6, 6.07) is 20.5. The van der Waals surface area contributed by atoms with E-state index in [9.17, 15) is 18.6 Å². The molecule has 2 aromatic carbocycles. The quantitative estimate of drug-likeness (QED) is 0.218. The van der Waals surface area contributed by atoms with E-state index in [1.54, 1.807) is 31.2 Å². The number of pyridine rings is 2. The molecule has 5 aliphatic heterocycles. The number of morpholine rings is 2. The molecule has 5 fully saturated rings. The van der Waals surface area contributed by atoms with Crippen molar-refractivity contribution in [2.24, 2.45) is 11.8 Å². The zero-order valence-corrected chi connectivity index (χ0v) is 42.5. The summed E-state index contributed by atoms with van der Waals surface area (Å²) in [4.78, 5) is 56.7. The maximum atomic E-state index is 13.9. The minimum atomic E-state index is -1.42. The number of fused-ring (bicyclic) bond motifs is 4. The van der Waals surface area contributed by atoms with Crippen LogP contribution in [0.5, 0.6) is 0 Å². The van der Waals surface area contributed by atoms with Crippen molar-refractivity contribution in [2.75, 3.05) is 108 Å². The molecule has 2 aliphatic carbocycles. The van der Waals surface area contributed by atoms with Crippen LogP contribution in [0.1, 0.15) is 68.9 Å². The number of hydrogen-bond acceptors (Lipinski definition) is 13. The van der Waals surface area contributed by atoms with Crippen LogP contribution in [-0.4, -0.2) is 111 Å². The Balaban J connectivity index is 0.000000166. The normalized spacial score (nSPS) is 22.2. The first-order valence-corrected chi connectivity index (χ1v) is 26.7. The van der Waals surface area contributed by atoms with Crippen molar-refractivity contribution >= 4 is 73.3 Å². The highest BCUT2D eigenvalue weighted by Gasteiger charge is 2.44. The van der Waals surface area contributed by atoms with Gasteiger partial charge in [0.1, 0.15) is 36.2 Å². The van der Waals surface area contributed by atoms with E-state index < -0.39 is 9.93 Å². The molecule has 0 bridgehead atoms. The lowest BCUT2D eigenvalue weighted by Crippen LogP contribution is -3.00. The Morgan fingerprint density at radius 3 is 1.49 bits per heavy atom. The van der Waals surface area contributed by atoms with Gasteiger partial charge in [-0.15, -0.1) is 4.21 Å². The molecule has 3 saturated heterocycles. The number of amides is 2. The number of anilines is 8. The third kappa shape index (κ3) is 11.8. The molecule has 0 radical (unpaired) electrons. The first-order chi connectivity index (χ1) is 32.4. The highest BCUT2D eigenvalue weighted by Crippen LogP contribution is 2.45. The van der Waals surface area contributed by atoms with Gasteiger partial charge in [-0.1, -0.05) is 12.1 Å². The minimum absolute atomic E-state index is 0. The van der Waals surface area contributed by atoms with Crippen molar-refractivity contribution in [3.8, 4) is 0 Å². The third-order valence-corrected chi connectivity index (χ3v) is 13.9. The summed E-state index contributed by atoms with van der Waals surface area (Å²) in [5.74, 6) is 2.13. The van der Waals surface area contributed by atoms with Crippen LogP contribution in [0, 0.1) is 11.8 Å². The molecule has 1 spiro atoms. The number of benzene rings is 2. The largest absolute Gasteiger partial charge is 1.00 e. The summed E-state index contributed by atoms with van der Waals surface area (Å²) in [6.07, 6.45) is 15.9. The summed E-state index contributed by atoms with van der Waals surface area (Å²) in [5, 5.41) is 6.91. The summed E-state index contributed by atoms with van der Waals surface area (Å²) >= 11 is 0. The van der Waals surface area contributed by atoms with Crippen molar-refractivity contribution in [3.05, 3.63) is 84.2 Å². The molecule has 0 atom stereocenters. The topological polar surface area (TPSA) is 159 Å². The molecule has 2 amide bonds. The zero-order valence-electron chi connectivity index (χ0n) is 39.6. The van der Waals surface area contributed by atoms with Gasteiger partial charge in [-0.25, -0.2) is 9.97 Å². The second-order valence-electron chi connectivity index (χ2n) is 19.3. The van der Waals surface area contributed by atoms with E-state index in [0.29, 0.717) is 52.0 Å². The van der Waals surface area contributed by atoms with Gasteiger partial charge in [0.2, 0.25) is 11.8 Å². The molecule has 2 aromatic heterocycles. The van der Waals surface area contributed by atoms with Gasteiger partial charge >= 0.3 is 0 Å². The molecule has 68 heavy (non-hydrogen) atoms. The lowest BCUT2D eigenvalue weighted by Gasteiger charge is -2.46. The number of halogens is 1. The molecule has 2 saturated carbocycles. The second kappa shape index (κ2) is 21.9. The van der Waals surface area contributed by atoms with Crippen LogP contribution >= 0.6 is 0 Å². The standard InChI is InChI=1S/C25H30N4O3.C23H26N4O3.C3H9OS.HI/c30-24(18-5-7-25(8-6-18)9-13-32-25)29-17-19-2-1-10-26-23(19)27-21-4-3-20(16-22(21)29)28-11-14-31-15-12-28;28-19-6-3-16(4-7-19)23(29)27-15-17-2-1-9-24-22(17)25-20-8-5-18(14-21(20)27)26-10-12-30-13-11-26;1-5(2,3)4;/h1-4,10,16,18H,5-9,11-15,17H2,(H,26,27);1-2,5,8-9,14,16H,3-4,6-7,10-13,15H2,(H,24,25);1-3H3;1H/q;;+1;/p-1. The number of ketones is 1. The van der Waals surface area contributed by atoms with E-state index in [1.165, 1.54) is 0 Å². The Morgan fingerprint density at radius 1 is 0.647 bits per heavy atom. The van der Waals surface area contributed by atoms with Gasteiger partial charge in [-0.05, 0) is 93.5 Å². The predicted octanol–water partition coefficient (Wildman–Crippen LogP) is 4.50. The molecule has 11 rings (SSSR count). The first-order valence-electron chi connectivity index (χ1n) is 23.9. The van der Waals surface area contributed by atoms with Gasteiger partial charge in [-0.2, -0.15) is 0 Å². The number of nitrogens with zero attached hydrogens (tertiary/aromatic N) is 6. The molecule has 364 valence electrons. The fourth-order valence-corrected chi connectivity index (χ4v) is 10.1. The van der Waals surface area contributed by atoms with E-state index in [-0.39, 0.29) is 59.0 Å². The van der Waals surface area contributed by atoms with Gasteiger partial charge in [0.15, 0.2) is 0 Å². The van der Waals surface area contributed by atoms with Crippen LogP contribution in [0.15, 0.2) is 73.1 Å².